The van der Waals surface area contributed by atoms with Crippen molar-refractivity contribution in [2.24, 2.45) is 11.8 Å². The molecule has 0 amide bonds. The van der Waals surface area contributed by atoms with Crippen molar-refractivity contribution in [1.29, 1.82) is 0 Å². The quantitative estimate of drug-likeness (QED) is 0.854. The molecule has 0 bridgehead atoms. The monoisotopic (exact) mass is 342 g/mol. The molecular formula is C19H38N2O3. The van der Waals surface area contributed by atoms with Crippen molar-refractivity contribution in [3.8, 4) is 0 Å². The van der Waals surface area contributed by atoms with Crippen LogP contribution in [0.2, 0.25) is 0 Å². The third-order valence-corrected chi connectivity index (χ3v) is 3.44. The lowest BCUT2D eigenvalue weighted by Crippen LogP contribution is -2.35. The van der Waals surface area contributed by atoms with Crippen molar-refractivity contribution in [2.45, 2.75) is 86.8 Å². The molecule has 1 saturated carbocycles. The molecule has 0 aromatic carbocycles. The summed E-state index contributed by atoms with van der Waals surface area (Å²) in [5.41, 5.74) is -0.839. The van der Waals surface area contributed by atoms with Gasteiger partial charge in [-0.15, -0.1) is 0 Å². The second kappa shape index (κ2) is 14.0. The van der Waals surface area contributed by atoms with Crippen LogP contribution in [0.5, 0.6) is 0 Å². The van der Waals surface area contributed by atoms with E-state index in [-0.39, 0.29) is 12.0 Å². The van der Waals surface area contributed by atoms with Crippen LogP contribution >= 0.6 is 0 Å². The van der Waals surface area contributed by atoms with Crippen LogP contribution in [-0.4, -0.2) is 20.8 Å². The zero-order valence-electron chi connectivity index (χ0n) is 16.8. The average molecular weight is 343 g/mol. The van der Waals surface area contributed by atoms with Gasteiger partial charge in [0.25, 0.3) is 5.56 Å². The van der Waals surface area contributed by atoms with Gasteiger partial charge in [0.05, 0.1) is 12.1 Å². The van der Waals surface area contributed by atoms with Crippen LogP contribution in [0.3, 0.4) is 0 Å². The summed E-state index contributed by atoms with van der Waals surface area (Å²) in [4.78, 5) is 24.7. The van der Waals surface area contributed by atoms with E-state index in [1.54, 1.807) is 0 Å². The van der Waals surface area contributed by atoms with Crippen molar-refractivity contribution >= 4 is 0 Å². The minimum atomic E-state index is -0.492. The second-order valence-corrected chi connectivity index (χ2v) is 6.05. The fraction of sp³-hybridized carbons (Fsp3) is 0.789. The third kappa shape index (κ3) is 8.48. The molecule has 0 radical (unpaired) electrons. The molecule has 5 heteroatoms. The first-order chi connectivity index (χ1) is 11.4. The standard InChI is InChI=1S/C11H16N2O3.C4H10.2C2H6/c1-2-7-3-4-8(10(7)15)13-6-5-9(14)12-11(13)16;1-4(2)3;2*1-2/h5-8,10,15H,2-4H2,1H3,(H,12,14,16);4H,1-3H3;2*1-2H3. The van der Waals surface area contributed by atoms with Crippen LogP contribution in [0.25, 0.3) is 0 Å². The Morgan fingerprint density at radius 2 is 1.67 bits per heavy atom. The van der Waals surface area contributed by atoms with E-state index >= 15 is 0 Å². The van der Waals surface area contributed by atoms with Crippen LogP contribution in [-0.2, 0) is 0 Å². The van der Waals surface area contributed by atoms with Crippen molar-refractivity contribution in [2.75, 3.05) is 0 Å². The van der Waals surface area contributed by atoms with Gasteiger partial charge in [-0.1, -0.05) is 61.8 Å². The predicted molar refractivity (Wildman–Crippen MR) is 103 cm³/mol. The van der Waals surface area contributed by atoms with Crippen LogP contribution in [0, 0.1) is 11.8 Å². The Labute approximate surface area is 147 Å². The van der Waals surface area contributed by atoms with Gasteiger partial charge in [-0.2, -0.15) is 0 Å². The zero-order chi connectivity index (χ0) is 19.3. The molecule has 1 fully saturated rings. The molecule has 0 aliphatic heterocycles. The Kier molecular flexibility index (Phi) is 14.5. The lowest BCUT2D eigenvalue weighted by Gasteiger charge is -2.20. The van der Waals surface area contributed by atoms with Gasteiger partial charge in [-0.05, 0) is 24.7 Å². The lowest BCUT2D eigenvalue weighted by atomic mass is 10.0. The van der Waals surface area contributed by atoms with E-state index in [1.807, 2.05) is 34.6 Å². The maximum atomic E-state index is 11.6. The molecule has 0 saturated heterocycles. The summed E-state index contributed by atoms with van der Waals surface area (Å²) in [6.45, 7) is 16.5. The van der Waals surface area contributed by atoms with E-state index in [9.17, 15) is 14.7 Å². The highest BCUT2D eigenvalue weighted by Gasteiger charge is 2.34. The van der Waals surface area contributed by atoms with Crippen molar-refractivity contribution < 1.29 is 5.11 Å². The van der Waals surface area contributed by atoms with E-state index in [1.165, 1.54) is 16.8 Å². The molecular weight excluding hydrogens is 304 g/mol. The Morgan fingerprint density at radius 3 is 2.04 bits per heavy atom. The highest BCUT2D eigenvalue weighted by atomic mass is 16.3. The molecule has 1 aliphatic carbocycles. The Balaban J connectivity index is 0. The molecule has 3 unspecified atom stereocenters. The summed E-state index contributed by atoms with van der Waals surface area (Å²) in [7, 11) is 0. The summed E-state index contributed by atoms with van der Waals surface area (Å²) < 4.78 is 1.43. The molecule has 1 aromatic rings. The highest BCUT2D eigenvalue weighted by Crippen LogP contribution is 2.35. The number of nitrogens with zero attached hydrogens (tertiary/aromatic N) is 1. The van der Waals surface area contributed by atoms with Gasteiger partial charge in [-0.25, -0.2) is 4.79 Å². The van der Waals surface area contributed by atoms with Crippen LogP contribution < -0.4 is 11.2 Å². The number of aromatic amines is 1. The van der Waals surface area contributed by atoms with Crippen LogP contribution in [0.4, 0.5) is 0 Å². The van der Waals surface area contributed by atoms with Gasteiger partial charge in [-0.3, -0.25) is 14.3 Å². The zero-order valence-corrected chi connectivity index (χ0v) is 16.8. The summed E-state index contributed by atoms with van der Waals surface area (Å²) >= 11 is 0. The molecule has 2 rings (SSSR count). The lowest BCUT2D eigenvalue weighted by molar-refractivity contribution is 0.0912. The fourth-order valence-corrected chi connectivity index (χ4v) is 2.48. The van der Waals surface area contributed by atoms with E-state index in [4.69, 9.17) is 0 Å². The van der Waals surface area contributed by atoms with Gasteiger partial charge in [0.2, 0.25) is 0 Å². The minimum Gasteiger partial charge on any atom is -0.391 e. The number of aliphatic hydroxyl groups is 1. The normalized spacial score (nSPS) is 21.7. The number of hydrogen-bond donors (Lipinski definition) is 2. The predicted octanol–water partition coefficient (Wildman–Crippen LogP) is 3.97. The van der Waals surface area contributed by atoms with Gasteiger partial charge in [0.1, 0.15) is 0 Å². The average Bonchev–Trinajstić information content (AvgIpc) is 2.91. The molecule has 1 aliphatic rings. The largest absolute Gasteiger partial charge is 0.391 e. The first-order valence-corrected chi connectivity index (χ1v) is 9.36. The van der Waals surface area contributed by atoms with Crippen molar-refractivity contribution in [1.82, 2.24) is 9.55 Å². The van der Waals surface area contributed by atoms with E-state index < -0.39 is 17.4 Å². The number of nitrogens with one attached hydrogen (secondary N) is 1. The summed E-state index contributed by atoms with van der Waals surface area (Å²) in [6.07, 6.45) is 3.59. The summed E-state index contributed by atoms with van der Waals surface area (Å²) in [5.74, 6) is 1.09. The maximum Gasteiger partial charge on any atom is 0.328 e. The van der Waals surface area contributed by atoms with Gasteiger partial charge < -0.3 is 5.11 Å². The summed E-state index contributed by atoms with van der Waals surface area (Å²) in [5, 5.41) is 10.0. The Bertz CT molecular complexity index is 517. The van der Waals surface area contributed by atoms with Gasteiger partial charge in [0, 0.05) is 12.3 Å². The van der Waals surface area contributed by atoms with Crippen LogP contribution in [0.1, 0.15) is 80.7 Å². The van der Waals surface area contributed by atoms with Gasteiger partial charge >= 0.3 is 5.69 Å². The van der Waals surface area contributed by atoms with Crippen molar-refractivity contribution in [3.63, 3.8) is 0 Å². The first kappa shape index (κ1) is 24.9. The fourth-order valence-electron chi connectivity index (χ4n) is 2.48. The number of rotatable bonds is 2. The maximum absolute atomic E-state index is 11.6. The molecule has 5 nitrogen and oxygen atoms in total. The molecule has 1 heterocycles. The molecule has 142 valence electrons. The number of hydrogen-bond acceptors (Lipinski definition) is 3. The smallest absolute Gasteiger partial charge is 0.328 e. The van der Waals surface area contributed by atoms with Crippen LogP contribution in [0.15, 0.2) is 21.9 Å². The SMILES string of the molecule is CC.CC.CC(C)C.CCC1CCC(n2ccc(=O)[nH]c2=O)C1O. The first-order valence-electron chi connectivity index (χ1n) is 9.36. The highest BCUT2D eigenvalue weighted by molar-refractivity contribution is 4.93. The molecule has 0 spiro atoms. The Hall–Kier alpha value is -1.36. The van der Waals surface area contributed by atoms with Gasteiger partial charge in [0.15, 0.2) is 0 Å². The topological polar surface area (TPSA) is 75.1 Å². The number of aromatic nitrogens is 2. The molecule has 3 atom stereocenters. The minimum absolute atomic E-state index is 0.200. The third-order valence-electron chi connectivity index (χ3n) is 3.44. The second-order valence-electron chi connectivity index (χ2n) is 6.05. The summed E-state index contributed by atoms with van der Waals surface area (Å²) in [6, 6.07) is 1.11. The van der Waals surface area contributed by atoms with E-state index in [0.717, 1.165) is 25.2 Å². The van der Waals surface area contributed by atoms with E-state index in [2.05, 4.69) is 25.8 Å². The molecule has 24 heavy (non-hydrogen) atoms. The van der Waals surface area contributed by atoms with E-state index in [0.29, 0.717) is 0 Å². The van der Waals surface area contributed by atoms with Crippen molar-refractivity contribution in [3.05, 3.63) is 33.1 Å². The number of aliphatic hydroxyl groups excluding tert-OH is 1. The number of H-pyrrole nitrogens is 1. The molecule has 1 aromatic heterocycles. The molecule has 2 N–H and O–H groups in total. The Morgan fingerprint density at radius 1 is 1.17 bits per heavy atom.